The van der Waals surface area contributed by atoms with Crippen LogP contribution in [0.2, 0.25) is 0 Å². The summed E-state index contributed by atoms with van der Waals surface area (Å²) in [7, 11) is 0. The van der Waals surface area contributed by atoms with Gasteiger partial charge in [0, 0.05) is 22.8 Å². The molecule has 0 saturated heterocycles. The first kappa shape index (κ1) is 8.30. The van der Waals surface area contributed by atoms with Crippen molar-refractivity contribution in [2.45, 2.75) is 26.2 Å². The lowest BCUT2D eigenvalue weighted by Crippen LogP contribution is -2.14. The zero-order chi connectivity index (χ0) is 9.47. The van der Waals surface area contributed by atoms with Gasteiger partial charge in [0.2, 0.25) is 0 Å². The second kappa shape index (κ2) is 2.59. The van der Waals surface area contributed by atoms with Crippen molar-refractivity contribution in [3.05, 3.63) is 36.4 Å². The normalized spacial score (nSPS) is 12.2. The van der Waals surface area contributed by atoms with Crippen LogP contribution in [0.1, 0.15) is 26.5 Å². The molecule has 0 spiro atoms. The molecule has 13 heavy (non-hydrogen) atoms. The van der Waals surface area contributed by atoms with Crippen LogP contribution in [0.25, 0.3) is 5.52 Å². The average molecular weight is 174 g/mol. The van der Waals surface area contributed by atoms with Gasteiger partial charge < -0.3 is 4.40 Å². The van der Waals surface area contributed by atoms with E-state index in [1.807, 2.05) is 18.6 Å². The Morgan fingerprint density at radius 2 is 1.92 bits per heavy atom. The van der Waals surface area contributed by atoms with Crippen LogP contribution in [0.15, 0.2) is 30.7 Å². The predicted octanol–water partition coefficient (Wildman–Crippen LogP) is 2.63. The van der Waals surface area contributed by atoms with Crippen molar-refractivity contribution < 1.29 is 0 Å². The zero-order valence-corrected chi connectivity index (χ0v) is 8.28. The first-order valence-corrected chi connectivity index (χ1v) is 4.50. The summed E-state index contributed by atoms with van der Waals surface area (Å²) in [5, 5.41) is 0. The first-order valence-electron chi connectivity index (χ1n) is 4.50. The lowest BCUT2D eigenvalue weighted by atomic mass is 9.92. The van der Waals surface area contributed by atoms with E-state index in [4.69, 9.17) is 0 Å². The molecule has 2 aromatic rings. The Hall–Kier alpha value is -1.31. The van der Waals surface area contributed by atoms with E-state index in [9.17, 15) is 0 Å². The maximum Gasteiger partial charge on any atom is 0.0993 e. The Morgan fingerprint density at radius 1 is 1.15 bits per heavy atom. The van der Waals surface area contributed by atoms with Crippen molar-refractivity contribution >= 4 is 5.52 Å². The molecule has 2 rings (SSSR count). The molecule has 2 heterocycles. The number of fused-ring (bicyclic) bond motifs is 1. The Kier molecular flexibility index (Phi) is 1.65. The number of hydrogen-bond acceptors (Lipinski definition) is 1. The molecule has 0 saturated carbocycles. The van der Waals surface area contributed by atoms with Gasteiger partial charge >= 0.3 is 0 Å². The fourth-order valence-corrected chi connectivity index (χ4v) is 1.56. The minimum absolute atomic E-state index is 0.176. The summed E-state index contributed by atoms with van der Waals surface area (Å²) in [5.74, 6) is 0. The zero-order valence-electron chi connectivity index (χ0n) is 8.28. The summed E-state index contributed by atoms with van der Waals surface area (Å²) in [6, 6.07) is 6.31. The van der Waals surface area contributed by atoms with Crippen LogP contribution < -0.4 is 0 Å². The van der Waals surface area contributed by atoms with Gasteiger partial charge in [-0.1, -0.05) is 20.8 Å². The summed E-state index contributed by atoms with van der Waals surface area (Å²) in [6.45, 7) is 6.63. The van der Waals surface area contributed by atoms with Gasteiger partial charge in [0.1, 0.15) is 0 Å². The van der Waals surface area contributed by atoms with E-state index in [0.717, 1.165) is 0 Å². The lowest BCUT2D eigenvalue weighted by molar-refractivity contribution is 0.562. The van der Waals surface area contributed by atoms with E-state index in [-0.39, 0.29) is 5.41 Å². The molecular weight excluding hydrogens is 160 g/mol. The highest BCUT2D eigenvalue weighted by Gasteiger charge is 2.16. The SMILES string of the molecule is CC(C)(C)c1ccc2ccncn12. The Labute approximate surface area is 78.2 Å². The van der Waals surface area contributed by atoms with E-state index in [2.05, 4.69) is 42.3 Å². The van der Waals surface area contributed by atoms with Crippen LogP contribution in [-0.4, -0.2) is 9.38 Å². The summed E-state index contributed by atoms with van der Waals surface area (Å²) in [4.78, 5) is 4.12. The highest BCUT2D eigenvalue weighted by Crippen LogP contribution is 2.23. The van der Waals surface area contributed by atoms with Gasteiger partial charge in [-0.3, -0.25) is 0 Å². The Balaban J connectivity index is 2.72. The highest BCUT2D eigenvalue weighted by atomic mass is 15.0. The molecule has 2 heteroatoms. The van der Waals surface area contributed by atoms with Gasteiger partial charge in [-0.05, 0) is 18.2 Å². The highest BCUT2D eigenvalue weighted by molar-refractivity contribution is 5.49. The number of hydrogen-bond donors (Lipinski definition) is 0. The molecule has 0 unspecified atom stereocenters. The number of rotatable bonds is 0. The third kappa shape index (κ3) is 1.32. The molecule has 0 fully saturated rings. The Morgan fingerprint density at radius 3 is 2.62 bits per heavy atom. The first-order chi connectivity index (χ1) is 6.09. The molecular formula is C11H14N2. The number of aromatic nitrogens is 2. The summed E-state index contributed by atoms with van der Waals surface area (Å²) in [6.07, 6.45) is 3.69. The van der Waals surface area contributed by atoms with E-state index < -0.39 is 0 Å². The molecule has 2 aromatic heterocycles. The third-order valence-electron chi connectivity index (χ3n) is 2.23. The van der Waals surface area contributed by atoms with E-state index >= 15 is 0 Å². The van der Waals surface area contributed by atoms with Crippen molar-refractivity contribution in [1.29, 1.82) is 0 Å². The van der Waals surface area contributed by atoms with E-state index in [0.29, 0.717) is 0 Å². The van der Waals surface area contributed by atoms with Gasteiger partial charge in [-0.2, -0.15) is 0 Å². The van der Waals surface area contributed by atoms with Crippen LogP contribution >= 0.6 is 0 Å². The van der Waals surface area contributed by atoms with Gasteiger partial charge in [0.25, 0.3) is 0 Å². The molecule has 0 N–H and O–H groups in total. The topological polar surface area (TPSA) is 17.3 Å². The molecule has 68 valence electrons. The predicted molar refractivity (Wildman–Crippen MR) is 53.9 cm³/mol. The average Bonchev–Trinajstić information content (AvgIpc) is 2.45. The van der Waals surface area contributed by atoms with Crippen LogP contribution in [0, 0.1) is 0 Å². The van der Waals surface area contributed by atoms with Crippen molar-refractivity contribution in [3.63, 3.8) is 0 Å². The summed E-state index contributed by atoms with van der Waals surface area (Å²) >= 11 is 0. The Bertz CT molecular complexity index is 421. The monoisotopic (exact) mass is 174 g/mol. The molecule has 2 nitrogen and oxygen atoms in total. The second-order valence-corrected chi connectivity index (χ2v) is 4.34. The minimum atomic E-state index is 0.176. The van der Waals surface area contributed by atoms with Crippen molar-refractivity contribution in [2.75, 3.05) is 0 Å². The molecule has 0 atom stereocenters. The minimum Gasteiger partial charge on any atom is -0.304 e. The molecule has 0 radical (unpaired) electrons. The van der Waals surface area contributed by atoms with Gasteiger partial charge in [-0.15, -0.1) is 0 Å². The second-order valence-electron chi connectivity index (χ2n) is 4.34. The third-order valence-corrected chi connectivity index (χ3v) is 2.23. The summed E-state index contributed by atoms with van der Waals surface area (Å²) < 4.78 is 2.14. The van der Waals surface area contributed by atoms with Crippen LogP contribution in [0.5, 0.6) is 0 Å². The molecule has 0 bridgehead atoms. The fraction of sp³-hybridized carbons (Fsp3) is 0.364. The molecule has 0 aromatic carbocycles. The van der Waals surface area contributed by atoms with E-state index in [1.54, 1.807) is 0 Å². The van der Waals surface area contributed by atoms with Crippen LogP contribution in [0.4, 0.5) is 0 Å². The molecule has 0 amide bonds. The quantitative estimate of drug-likeness (QED) is 0.600. The van der Waals surface area contributed by atoms with Gasteiger partial charge in [-0.25, -0.2) is 4.98 Å². The van der Waals surface area contributed by atoms with Gasteiger partial charge in [0.15, 0.2) is 0 Å². The van der Waals surface area contributed by atoms with Gasteiger partial charge in [0.05, 0.1) is 6.33 Å². The maximum absolute atomic E-state index is 4.12. The van der Waals surface area contributed by atoms with Crippen molar-refractivity contribution in [2.24, 2.45) is 0 Å². The van der Waals surface area contributed by atoms with Crippen molar-refractivity contribution in [3.8, 4) is 0 Å². The van der Waals surface area contributed by atoms with Crippen LogP contribution in [0.3, 0.4) is 0 Å². The maximum atomic E-state index is 4.12. The molecule has 0 aliphatic rings. The fourth-order valence-electron chi connectivity index (χ4n) is 1.56. The number of nitrogens with zero attached hydrogens (tertiary/aromatic N) is 2. The smallest absolute Gasteiger partial charge is 0.0993 e. The van der Waals surface area contributed by atoms with E-state index in [1.165, 1.54) is 11.2 Å². The summed E-state index contributed by atoms with van der Waals surface area (Å²) in [5.41, 5.74) is 2.69. The lowest BCUT2D eigenvalue weighted by Gasteiger charge is -2.18. The standard InChI is InChI=1S/C11H14N2/c1-11(2,3)10-5-4-9-6-7-12-8-13(9)10/h4-8H,1-3H3. The largest absolute Gasteiger partial charge is 0.304 e. The molecule has 0 aliphatic heterocycles. The van der Waals surface area contributed by atoms with Crippen LogP contribution in [-0.2, 0) is 5.41 Å². The van der Waals surface area contributed by atoms with Crippen molar-refractivity contribution in [1.82, 2.24) is 9.38 Å². The molecule has 0 aliphatic carbocycles.